The van der Waals surface area contributed by atoms with Crippen molar-refractivity contribution in [2.75, 3.05) is 26.3 Å². The zero-order chi connectivity index (χ0) is 27.2. The number of aryl methyl sites for hydroxylation is 1. The van der Waals surface area contributed by atoms with Gasteiger partial charge in [-0.25, -0.2) is 16.8 Å². The number of benzene rings is 3. The zero-order valence-corrected chi connectivity index (χ0v) is 22.7. The highest BCUT2D eigenvalue weighted by Crippen LogP contribution is 2.18. The predicted molar refractivity (Wildman–Crippen MR) is 143 cm³/mol. The number of carbonyl (C=O) groups is 1. The van der Waals surface area contributed by atoms with E-state index in [0.29, 0.717) is 31.9 Å². The van der Waals surface area contributed by atoms with Crippen LogP contribution in [0.2, 0.25) is 0 Å². The summed E-state index contributed by atoms with van der Waals surface area (Å²) in [5.41, 5.74) is 2.40. The molecule has 1 amide bonds. The van der Waals surface area contributed by atoms with Gasteiger partial charge in [-0.1, -0.05) is 60.2 Å². The fraction of sp³-hybridized carbons (Fsp3) is 0.296. The number of hydrogen-bond acceptors (Lipinski definition) is 6. The van der Waals surface area contributed by atoms with Gasteiger partial charge in [0.15, 0.2) is 0 Å². The van der Waals surface area contributed by atoms with E-state index >= 15 is 0 Å². The highest BCUT2D eigenvalue weighted by Gasteiger charge is 2.27. The van der Waals surface area contributed by atoms with Gasteiger partial charge in [0.1, 0.15) is 6.04 Å². The number of nitrogens with zero attached hydrogens (tertiary/aromatic N) is 1. The largest absolute Gasteiger partial charge is 0.379 e. The van der Waals surface area contributed by atoms with Gasteiger partial charge in [0.2, 0.25) is 26.0 Å². The molecule has 2 N–H and O–H groups in total. The Kier molecular flexibility index (Phi) is 8.95. The first kappa shape index (κ1) is 27.9. The van der Waals surface area contributed by atoms with Gasteiger partial charge in [-0.3, -0.25) is 4.79 Å². The molecule has 3 aromatic rings. The quantitative estimate of drug-likeness (QED) is 0.394. The first-order valence-corrected chi connectivity index (χ1v) is 15.1. The van der Waals surface area contributed by atoms with Gasteiger partial charge in [-0.05, 0) is 48.7 Å². The normalized spacial score (nSPS) is 15.6. The van der Waals surface area contributed by atoms with Crippen LogP contribution in [-0.2, 0) is 42.5 Å². The molecule has 1 heterocycles. The second-order valence-electron chi connectivity index (χ2n) is 9.05. The topological polar surface area (TPSA) is 122 Å². The molecule has 1 atom stereocenters. The lowest BCUT2D eigenvalue weighted by atomic mass is 10.1. The number of carbonyl (C=O) groups excluding carboxylic acids is 1. The highest BCUT2D eigenvalue weighted by atomic mass is 32.2. The van der Waals surface area contributed by atoms with Gasteiger partial charge >= 0.3 is 0 Å². The van der Waals surface area contributed by atoms with Gasteiger partial charge < -0.3 is 10.1 Å². The summed E-state index contributed by atoms with van der Waals surface area (Å²) in [7, 11) is -7.57. The Balaban J connectivity index is 1.45. The first-order chi connectivity index (χ1) is 18.1. The Morgan fingerprint density at radius 3 is 2.08 bits per heavy atom. The number of nitrogens with one attached hydrogen (secondary N) is 2. The van der Waals surface area contributed by atoms with Gasteiger partial charge in [0.25, 0.3) is 0 Å². The maximum Gasteiger partial charge on any atom is 0.243 e. The van der Waals surface area contributed by atoms with Crippen LogP contribution in [0.4, 0.5) is 0 Å². The Bertz CT molecular complexity index is 1440. The summed E-state index contributed by atoms with van der Waals surface area (Å²) in [5.74, 6) is -0.491. The van der Waals surface area contributed by atoms with Crippen molar-refractivity contribution < 1.29 is 26.4 Å². The predicted octanol–water partition coefficient (Wildman–Crippen LogP) is 2.22. The molecule has 3 aromatic carbocycles. The van der Waals surface area contributed by atoms with Gasteiger partial charge in [-0.15, -0.1) is 0 Å². The van der Waals surface area contributed by atoms with Crippen molar-refractivity contribution in [3.63, 3.8) is 0 Å². The SMILES string of the molecule is Cc1ccc(S(=O)(=O)N[C@@H](Cc2ccccc2)C(=O)NCc2ccc(S(=O)(=O)N3CCOCC3)cc2)cc1. The molecule has 0 unspecified atom stereocenters. The van der Waals surface area contributed by atoms with Crippen molar-refractivity contribution in [1.29, 1.82) is 0 Å². The number of morpholine rings is 1. The molecule has 0 saturated carbocycles. The monoisotopic (exact) mass is 557 g/mol. The maximum atomic E-state index is 13.2. The lowest BCUT2D eigenvalue weighted by Crippen LogP contribution is -2.47. The molecule has 0 radical (unpaired) electrons. The van der Waals surface area contributed by atoms with Gasteiger partial charge in [0.05, 0.1) is 23.0 Å². The molecule has 202 valence electrons. The van der Waals surface area contributed by atoms with E-state index in [1.54, 1.807) is 24.3 Å². The molecule has 1 aliphatic heterocycles. The first-order valence-electron chi connectivity index (χ1n) is 12.2. The molecule has 4 rings (SSSR count). The molecule has 38 heavy (non-hydrogen) atoms. The number of sulfonamides is 2. The number of hydrogen-bond donors (Lipinski definition) is 2. The third-order valence-electron chi connectivity index (χ3n) is 6.23. The van der Waals surface area contributed by atoms with Gasteiger partial charge in [0, 0.05) is 19.6 Å². The van der Waals surface area contributed by atoms with E-state index in [2.05, 4.69) is 10.0 Å². The minimum absolute atomic E-state index is 0.0750. The van der Waals surface area contributed by atoms with Crippen LogP contribution in [0.1, 0.15) is 16.7 Å². The number of rotatable bonds is 10. The van der Waals surface area contributed by atoms with E-state index in [0.717, 1.165) is 11.1 Å². The van der Waals surface area contributed by atoms with E-state index in [1.165, 1.54) is 28.6 Å². The average molecular weight is 558 g/mol. The molecule has 11 heteroatoms. The van der Waals surface area contributed by atoms with Crippen LogP contribution in [0.3, 0.4) is 0 Å². The van der Waals surface area contributed by atoms with Crippen LogP contribution >= 0.6 is 0 Å². The smallest absolute Gasteiger partial charge is 0.243 e. The second kappa shape index (κ2) is 12.2. The second-order valence-corrected chi connectivity index (χ2v) is 12.7. The molecule has 0 spiro atoms. The van der Waals surface area contributed by atoms with Crippen molar-refractivity contribution in [3.05, 3.63) is 95.6 Å². The summed E-state index contributed by atoms with van der Waals surface area (Å²) >= 11 is 0. The number of ether oxygens (including phenoxy) is 1. The van der Waals surface area contributed by atoms with Crippen molar-refractivity contribution in [3.8, 4) is 0 Å². The lowest BCUT2D eigenvalue weighted by molar-refractivity contribution is -0.122. The molecule has 1 saturated heterocycles. The van der Waals surface area contributed by atoms with Crippen LogP contribution in [-0.4, -0.2) is 59.4 Å². The van der Waals surface area contributed by atoms with E-state index in [9.17, 15) is 21.6 Å². The molecule has 9 nitrogen and oxygen atoms in total. The fourth-order valence-corrected chi connectivity index (χ4v) is 6.64. The van der Waals surface area contributed by atoms with Crippen LogP contribution in [0.25, 0.3) is 0 Å². The highest BCUT2D eigenvalue weighted by molar-refractivity contribution is 7.89. The van der Waals surface area contributed by atoms with E-state index in [-0.39, 0.29) is 22.8 Å². The van der Waals surface area contributed by atoms with E-state index < -0.39 is 32.0 Å². The van der Waals surface area contributed by atoms with E-state index in [4.69, 9.17) is 4.74 Å². The third-order valence-corrected chi connectivity index (χ3v) is 9.63. The fourth-order valence-electron chi connectivity index (χ4n) is 4.04. The zero-order valence-electron chi connectivity index (χ0n) is 21.0. The summed E-state index contributed by atoms with van der Waals surface area (Å²) in [5, 5.41) is 2.78. The molecular weight excluding hydrogens is 526 g/mol. The lowest BCUT2D eigenvalue weighted by Gasteiger charge is -2.26. The number of amides is 1. The molecule has 0 aromatic heterocycles. The van der Waals surface area contributed by atoms with Crippen molar-refractivity contribution in [2.24, 2.45) is 0 Å². The Hall–Kier alpha value is -3.09. The average Bonchev–Trinajstić information content (AvgIpc) is 2.93. The van der Waals surface area contributed by atoms with Crippen LogP contribution in [0.5, 0.6) is 0 Å². The van der Waals surface area contributed by atoms with Crippen LogP contribution < -0.4 is 10.0 Å². The summed E-state index contributed by atoms with van der Waals surface area (Å²) < 4.78 is 60.9. The minimum atomic E-state index is -3.95. The van der Waals surface area contributed by atoms with Gasteiger partial charge in [-0.2, -0.15) is 9.03 Å². The molecular formula is C27H31N3O6S2. The van der Waals surface area contributed by atoms with Crippen LogP contribution in [0, 0.1) is 6.92 Å². The Morgan fingerprint density at radius 1 is 0.842 bits per heavy atom. The minimum Gasteiger partial charge on any atom is -0.379 e. The maximum absolute atomic E-state index is 13.2. The van der Waals surface area contributed by atoms with Crippen molar-refractivity contribution >= 4 is 26.0 Å². The molecule has 1 aliphatic rings. The Labute approximate surface area is 223 Å². The van der Waals surface area contributed by atoms with Crippen molar-refractivity contribution in [2.45, 2.75) is 35.7 Å². The van der Waals surface area contributed by atoms with E-state index in [1.807, 2.05) is 37.3 Å². The third kappa shape index (κ3) is 7.06. The summed E-state index contributed by atoms with van der Waals surface area (Å²) in [4.78, 5) is 13.4. The molecule has 1 fully saturated rings. The summed E-state index contributed by atoms with van der Waals surface area (Å²) in [6, 6.07) is 20.8. The molecule has 0 aliphatic carbocycles. The summed E-state index contributed by atoms with van der Waals surface area (Å²) in [6.45, 7) is 3.31. The molecule has 0 bridgehead atoms. The van der Waals surface area contributed by atoms with Crippen molar-refractivity contribution in [1.82, 2.24) is 14.3 Å². The Morgan fingerprint density at radius 2 is 1.45 bits per heavy atom. The standard InChI is InChI=1S/C27H31N3O6S2/c1-21-7-11-24(12-8-21)37(32,33)29-26(19-22-5-3-2-4-6-22)27(31)28-20-23-9-13-25(14-10-23)38(34,35)30-15-17-36-18-16-30/h2-14,26,29H,15-20H2,1H3,(H,28,31)/t26-/m0/s1. The van der Waals surface area contributed by atoms with Crippen LogP contribution in [0.15, 0.2) is 88.7 Å². The summed E-state index contributed by atoms with van der Waals surface area (Å²) in [6.07, 6.45) is 0.161.